The van der Waals surface area contributed by atoms with Gasteiger partial charge in [0, 0.05) is 11.6 Å². The molecule has 1 saturated carbocycles. The number of nitrogens with one attached hydrogen (secondary N) is 1. The van der Waals surface area contributed by atoms with Gasteiger partial charge in [0.25, 0.3) is 0 Å². The van der Waals surface area contributed by atoms with Crippen LogP contribution in [-0.2, 0) is 6.42 Å². The maximum atomic E-state index is 4.71. The summed E-state index contributed by atoms with van der Waals surface area (Å²) in [6.07, 6.45) is 2.30. The van der Waals surface area contributed by atoms with Gasteiger partial charge in [-0.25, -0.2) is 0 Å². The Morgan fingerprint density at radius 3 is 2.46 bits per heavy atom. The minimum Gasteiger partial charge on any atom is -0.366 e. The van der Waals surface area contributed by atoms with Gasteiger partial charge in [0.2, 0.25) is 0 Å². The number of rotatable bonds is 5. The third-order valence-corrected chi connectivity index (χ3v) is 4.89. The Morgan fingerprint density at radius 2 is 1.65 bits per heavy atom. The van der Waals surface area contributed by atoms with Crippen LogP contribution in [0.2, 0.25) is 0 Å². The zero-order valence-corrected chi connectivity index (χ0v) is 14.3. The molecule has 0 amide bonds. The van der Waals surface area contributed by atoms with E-state index in [1.807, 2.05) is 47.0 Å². The van der Waals surface area contributed by atoms with Crippen LogP contribution < -0.4 is 5.32 Å². The number of aromatic nitrogens is 4. The smallest absolute Gasteiger partial charge is 0.185 e. The molecule has 1 aliphatic rings. The van der Waals surface area contributed by atoms with E-state index in [4.69, 9.17) is 5.10 Å². The summed E-state index contributed by atoms with van der Waals surface area (Å²) in [6.45, 7) is 0. The lowest BCUT2D eigenvalue weighted by molar-refractivity contribution is 0.798. The summed E-state index contributed by atoms with van der Waals surface area (Å²) >= 11 is 0. The number of fused-ring (bicyclic) bond motifs is 1. The topological polar surface area (TPSA) is 55.1 Å². The molecule has 5 rings (SSSR count). The molecule has 2 heterocycles. The minimum atomic E-state index is 0.483. The first-order valence-corrected chi connectivity index (χ1v) is 8.95. The lowest BCUT2D eigenvalue weighted by Crippen LogP contribution is -2.09. The van der Waals surface area contributed by atoms with Gasteiger partial charge in [-0.05, 0) is 36.5 Å². The van der Waals surface area contributed by atoms with Crippen molar-refractivity contribution in [1.82, 2.24) is 19.8 Å². The van der Waals surface area contributed by atoms with Crippen molar-refractivity contribution in [2.75, 3.05) is 5.32 Å². The predicted octanol–water partition coefficient (Wildman–Crippen LogP) is 3.83. The molecule has 1 aliphatic carbocycles. The maximum absolute atomic E-state index is 4.71. The van der Waals surface area contributed by atoms with Crippen LogP contribution in [0.4, 0.5) is 5.82 Å². The van der Waals surface area contributed by atoms with E-state index in [1.54, 1.807) is 0 Å². The number of hydrogen-bond acceptors (Lipinski definition) is 4. The molecule has 26 heavy (non-hydrogen) atoms. The Morgan fingerprint density at radius 1 is 0.885 bits per heavy atom. The fourth-order valence-corrected chi connectivity index (χ4v) is 3.39. The van der Waals surface area contributed by atoms with Crippen LogP contribution in [0.25, 0.3) is 17.0 Å². The molecule has 128 valence electrons. The molecule has 5 nitrogen and oxygen atoms in total. The van der Waals surface area contributed by atoms with E-state index in [-0.39, 0.29) is 0 Å². The van der Waals surface area contributed by atoms with Gasteiger partial charge in [0.1, 0.15) is 5.82 Å². The molecule has 0 spiro atoms. The third-order valence-electron chi connectivity index (χ3n) is 4.89. The average molecular weight is 341 g/mol. The van der Waals surface area contributed by atoms with Gasteiger partial charge >= 0.3 is 0 Å². The lowest BCUT2D eigenvalue weighted by Gasteiger charge is -2.06. The number of benzene rings is 2. The van der Waals surface area contributed by atoms with Crippen LogP contribution in [0.5, 0.6) is 0 Å². The lowest BCUT2D eigenvalue weighted by atomic mass is 10.1. The number of hydrogen-bond donors (Lipinski definition) is 1. The van der Waals surface area contributed by atoms with Crippen molar-refractivity contribution >= 4 is 11.5 Å². The molecule has 5 heteroatoms. The Hall–Kier alpha value is -3.21. The van der Waals surface area contributed by atoms with E-state index in [9.17, 15) is 0 Å². The second kappa shape index (κ2) is 6.26. The SMILES string of the molecule is c1ccc(CC2CC2Nc2ccc3nnc(-c4ccccc4)n3n2)cc1. The molecule has 2 atom stereocenters. The molecule has 0 aliphatic heterocycles. The molecule has 1 fully saturated rings. The van der Waals surface area contributed by atoms with Crippen LogP contribution in [0, 0.1) is 5.92 Å². The van der Waals surface area contributed by atoms with E-state index < -0.39 is 0 Å². The maximum Gasteiger partial charge on any atom is 0.185 e. The van der Waals surface area contributed by atoms with Crippen LogP contribution >= 0.6 is 0 Å². The number of nitrogens with zero attached hydrogens (tertiary/aromatic N) is 4. The predicted molar refractivity (Wildman–Crippen MR) is 102 cm³/mol. The molecule has 2 aromatic heterocycles. The molecular formula is C21H19N5. The Balaban J connectivity index is 1.34. The van der Waals surface area contributed by atoms with Crippen molar-refractivity contribution in [3.05, 3.63) is 78.4 Å². The summed E-state index contributed by atoms with van der Waals surface area (Å²) < 4.78 is 1.81. The summed E-state index contributed by atoms with van der Waals surface area (Å²) in [5.74, 6) is 2.31. The highest BCUT2D eigenvalue weighted by atomic mass is 15.4. The first-order valence-electron chi connectivity index (χ1n) is 8.95. The van der Waals surface area contributed by atoms with Crippen molar-refractivity contribution in [2.45, 2.75) is 18.9 Å². The largest absolute Gasteiger partial charge is 0.366 e. The second-order valence-electron chi connectivity index (χ2n) is 6.81. The van der Waals surface area contributed by atoms with Gasteiger partial charge in [-0.15, -0.1) is 15.3 Å². The highest BCUT2D eigenvalue weighted by Crippen LogP contribution is 2.36. The van der Waals surface area contributed by atoms with E-state index in [1.165, 1.54) is 12.0 Å². The van der Waals surface area contributed by atoms with Crippen LogP contribution in [0.15, 0.2) is 72.8 Å². The molecular weight excluding hydrogens is 322 g/mol. The van der Waals surface area contributed by atoms with E-state index in [2.05, 4.69) is 45.8 Å². The van der Waals surface area contributed by atoms with Crippen molar-refractivity contribution in [2.24, 2.45) is 5.92 Å². The van der Waals surface area contributed by atoms with Gasteiger partial charge in [-0.1, -0.05) is 60.7 Å². The summed E-state index contributed by atoms with van der Waals surface area (Å²) in [4.78, 5) is 0. The van der Waals surface area contributed by atoms with E-state index in [0.717, 1.165) is 29.3 Å². The molecule has 2 unspecified atom stereocenters. The fourth-order valence-electron chi connectivity index (χ4n) is 3.39. The zero-order chi connectivity index (χ0) is 17.3. The number of anilines is 1. The summed E-state index contributed by atoms with van der Waals surface area (Å²) in [5, 5.41) is 16.8. The molecule has 1 N–H and O–H groups in total. The Bertz CT molecular complexity index is 1030. The van der Waals surface area contributed by atoms with Crippen LogP contribution in [0.3, 0.4) is 0 Å². The molecule has 0 saturated heterocycles. The van der Waals surface area contributed by atoms with Gasteiger partial charge in [0.15, 0.2) is 11.5 Å². The highest BCUT2D eigenvalue weighted by molar-refractivity contribution is 5.59. The molecule has 4 aromatic rings. The van der Waals surface area contributed by atoms with Crippen molar-refractivity contribution in [1.29, 1.82) is 0 Å². The monoisotopic (exact) mass is 341 g/mol. The summed E-state index contributed by atoms with van der Waals surface area (Å²) in [7, 11) is 0. The average Bonchev–Trinajstić information content (AvgIpc) is 3.26. The van der Waals surface area contributed by atoms with Gasteiger partial charge in [0.05, 0.1) is 0 Å². The van der Waals surface area contributed by atoms with Crippen LogP contribution in [0.1, 0.15) is 12.0 Å². The first kappa shape index (κ1) is 15.1. The van der Waals surface area contributed by atoms with Gasteiger partial charge < -0.3 is 5.32 Å². The van der Waals surface area contributed by atoms with Crippen molar-refractivity contribution in [3.8, 4) is 11.4 Å². The van der Waals surface area contributed by atoms with E-state index >= 15 is 0 Å². The minimum absolute atomic E-state index is 0.483. The molecule has 2 aromatic carbocycles. The summed E-state index contributed by atoms with van der Waals surface area (Å²) in [6, 6.07) is 25.1. The normalized spacial score (nSPS) is 18.8. The molecule has 0 radical (unpaired) electrons. The first-order chi connectivity index (χ1) is 12.9. The quantitative estimate of drug-likeness (QED) is 0.599. The Kier molecular flexibility index (Phi) is 3.63. The fraction of sp³-hybridized carbons (Fsp3) is 0.190. The van der Waals surface area contributed by atoms with Gasteiger partial charge in [-0.3, -0.25) is 0 Å². The second-order valence-corrected chi connectivity index (χ2v) is 6.81. The van der Waals surface area contributed by atoms with Gasteiger partial charge in [-0.2, -0.15) is 4.52 Å². The van der Waals surface area contributed by atoms with Crippen molar-refractivity contribution in [3.63, 3.8) is 0 Å². The third kappa shape index (κ3) is 2.92. The summed E-state index contributed by atoms with van der Waals surface area (Å²) in [5.41, 5.74) is 3.17. The van der Waals surface area contributed by atoms with Crippen LogP contribution in [-0.4, -0.2) is 25.9 Å². The zero-order valence-electron chi connectivity index (χ0n) is 14.3. The Labute approximate surface area is 151 Å². The molecule has 0 bridgehead atoms. The highest BCUT2D eigenvalue weighted by Gasteiger charge is 2.37. The standard InChI is InChI=1S/C21H19N5/c1-3-7-15(8-4-1)13-17-14-18(17)22-19-11-12-20-23-24-21(26(20)25-19)16-9-5-2-6-10-16/h1-12,17-18H,13-14H2,(H,22,25). The van der Waals surface area contributed by atoms with E-state index in [0.29, 0.717) is 12.0 Å². The van der Waals surface area contributed by atoms with Crippen molar-refractivity contribution < 1.29 is 0 Å².